The summed E-state index contributed by atoms with van der Waals surface area (Å²) in [5.74, 6) is 0.873. The van der Waals surface area contributed by atoms with Gasteiger partial charge in [-0.15, -0.1) is 0 Å². The van der Waals surface area contributed by atoms with Gasteiger partial charge in [-0.2, -0.15) is 0 Å². The van der Waals surface area contributed by atoms with E-state index in [9.17, 15) is 5.11 Å². The van der Waals surface area contributed by atoms with E-state index in [-0.39, 0.29) is 5.92 Å². The standard InChI is InChI=1S/C11H18N2O2/c1-7(2)11(8(3)14)9-5-10(15-4)13-6-12-9/h5-8,11,14H,1-4H3. The number of aromatic nitrogens is 2. The lowest BCUT2D eigenvalue weighted by atomic mass is 9.88. The van der Waals surface area contributed by atoms with E-state index in [1.807, 2.05) is 0 Å². The summed E-state index contributed by atoms with van der Waals surface area (Å²) >= 11 is 0. The van der Waals surface area contributed by atoms with E-state index in [2.05, 4.69) is 23.8 Å². The average Bonchev–Trinajstić information content (AvgIpc) is 2.17. The highest BCUT2D eigenvalue weighted by molar-refractivity contribution is 5.18. The molecule has 0 aliphatic heterocycles. The van der Waals surface area contributed by atoms with Crippen LogP contribution in [0.15, 0.2) is 12.4 Å². The van der Waals surface area contributed by atoms with Gasteiger partial charge in [0.15, 0.2) is 0 Å². The van der Waals surface area contributed by atoms with Crippen molar-refractivity contribution < 1.29 is 9.84 Å². The average molecular weight is 210 g/mol. The van der Waals surface area contributed by atoms with E-state index in [1.54, 1.807) is 20.1 Å². The van der Waals surface area contributed by atoms with Crippen LogP contribution in [0.4, 0.5) is 0 Å². The Hall–Kier alpha value is -1.16. The molecule has 0 saturated heterocycles. The first-order valence-electron chi connectivity index (χ1n) is 5.10. The van der Waals surface area contributed by atoms with Gasteiger partial charge in [0.2, 0.25) is 5.88 Å². The van der Waals surface area contributed by atoms with E-state index in [0.717, 1.165) is 5.69 Å². The molecule has 1 heterocycles. The number of hydrogen-bond donors (Lipinski definition) is 1. The Labute approximate surface area is 90.3 Å². The molecule has 0 amide bonds. The lowest BCUT2D eigenvalue weighted by Crippen LogP contribution is -2.21. The van der Waals surface area contributed by atoms with Crippen molar-refractivity contribution in [1.82, 2.24) is 9.97 Å². The third-order valence-electron chi connectivity index (χ3n) is 2.45. The van der Waals surface area contributed by atoms with Crippen LogP contribution in [0, 0.1) is 5.92 Å². The Kier molecular flexibility index (Phi) is 4.03. The predicted molar refractivity (Wildman–Crippen MR) is 57.8 cm³/mol. The molecule has 0 bridgehead atoms. The van der Waals surface area contributed by atoms with Gasteiger partial charge in [-0.25, -0.2) is 9.97 Å². The summed E-state index contributed by atoms with van der Waals surface area (Å²) in [6.45, 7) is 5.90. The Morgan fingerprint density at radius 2 is 1.93 bits per heavy atom. The molecule has 0 spiro atoms. The topological polar surface area (TPSA) is 55.2 Å². The quantitative estimate of drug-likeness (QED) is 0.820. The monoisotopic (exact) mass is 210 g/mol. The maximum absolute atomic E-state index is 9.70. The third-order valence-corrected chi connectivity index (χ3v) is 2.45. The van der Waals surface area contributed by atoms with Crippen LogP contribution in [0.2, 0.25) is 0 Å². The number of rotatable bonds is 4. The predicted octanol–water partition coefficient (Wildman–Crippen LogP) is 1.61. The van der Waals surface area contributed by atoms with Gasteiger partial charge < -0.3 is 9.84 Å². The molecular weight excluding hydrogens is 192 g/mol. The molecule has 0 radical (unpaired) electrons. The Morgan fingerprint density at radius 1 is 1.27 bits per heavy atom. The first kappa shape index (κ1) is 11.9. The smallest absolute Gasteiger partial charge is 0.216 e. The maximum atomic E-state index is 9.70. The summed E-state index contributed by atoms with van der Waals surface area (Å²) in [6.07, 6.45) is 1.04. The second-order valence-corrected chi connectivity index (χ2v) is 4.00. The fourth-order valence-corrected chi connectivity index (χ4v) is 1.79. The minimum absolute atomic E-state index is 0.0156. The fraction of sp³-hybridized carbons (Fsp3) is 0.636. The molecular formula is C11H18N2O2. The first-order valence-corrected chi connectivity index (χ1v) is 5.10. The van der Waals surface area contributed by atoms with Crippen LogP contribution in [-0.2, 0) is 0 Å². The van der Waals surface area contributed by atoms with Crippen molar-refractivity contribution in [1.29, 1.82) is 0 Å². The van der Waals surface area contributed by atoms with E-state index in [0.29, 0.717) is 11.8 Å². The van der Waals surface area contributed by atoms with Crippen LogP contribution in [0.3, 0.4) is 0 Å². The molecule has 1 aromatic rings. The van der Waals surface area contributed by atoms with Gasteiger partial charge in [-0.1, -0.05) is 13.8 Å². The van der Waals surface area contributed by atoms with Gasteiger partial charge in [0.25, 0.3) is 0 Å². The summed E-state index contributed by atoms with van der Waals surface area (Å²) in [5, 5.41) is 9.70. The zero-order valence-electron chi connectivity index (χ0n) is 9.64. The molecule has 15 heavy (non-hydrogen) atoms. The van der Waals surface area contributed by atoms with Crippen molar-refractivity contribution in [2.24, 2.45) is 5.92 Å². The molecule has 0 aliphatic rings. The van der Waals surface area contributed by atoms with Crippen LogP contribution >= 0.6 is 0 Å². The number of aliphatic hydroxyl groups is 1. The molecule has 0 fully saturated rings. The fourth-order valence-electron chi connectivity index (χ4n) is 1.79. The molecule has 4 heteroatoms. The second-order valence-electron chi connectivity index (χ2n) is 4.00. The highest BCUT2D eigenvalue weighted by Gasteiger charge is 2.22. The van der Waals surface area contributed by atoms with Crippen molar-refractivity contribution >= 4 is 0 Å². The largest absolute Gasteiger partial charge is 0.481 e. The van der Waals surface area contributed by atoms with Gasteiger partial charge in [0.05, 0.1) is 18.9 Å². The minimum Gasteiger partial charge on any atom is -0.481 e. The third kappa shape index (κ3) is 2.89. The zero-order chi connectivity index (χ0) is 11.4. The summed E-state index contributed by atoms with van der Waals surface area (Å²) < 4.78 is 5.03. The van der Waals surface area contributed by atoms with Crippen molar-refractivity contribution in [3.05, 3.63) is 18.1 Å². The lowest BCUT2D eigenvalue weighted by molar-refractivity contribution is 0.138. The second kappa shape index (κ2) is 5.07. The number of aliphatic hydroxyl groups excluding tert-OH is 1. The summed E-state index contributed by atoms with van der Waals surface area (Å²) in [4.78, 5) is 8.12. The molecule has 84 valence electrons. The Balaban J connectivity index is 3.00. The molecule has 2 atom stereocenters. The molecule has 0 aromatic carbocycles. The summed E-state index contributed by atoms with van der Waals surface area (Å²) in [6, 6.07) is 1.78. The van der Waals surface area contributed by atoms with E-state index >= 15 is 0 Å². The molecule has 0 saturated carbocycles. The van der Waals surface area contributed by atoms with E-state index in [4.69, 9.17) is 4.74 Å². The van der Waals surface area contributed by atoms with Crippen molar-refractivity contribution in [3.8, 4) is 5.88 Å². The van der Waals surface area contributed by atoms with Crippen molar-refractivity contribution in [2.45, 2.75) is 32.8 Å². The molecule has 1 N–H and O–H groups in total. The molecule has 1 rings (SSSR count). The van der Waals surface area contributed by atoms with E-state index < -0.39 is 6.10 Å². The van der Waals surface area contributed by atoms with Gasteiger partial charge in [-0.05, 0) is 12.8 Å². The van der Waals surface area contributed by atoms with E-state index in [1.165, 1.54) is 6.33 Å². The first-order chi connectivity index (χ1) is 7.06. The van der Waals surface area contributed by atoms with Crippen LogP contribution in [0.1, 0.15) is 32.4 Å². The zero-order valence-corrected chi connectivity index (χ0v) is 9.64. The summed E-state index contributed by atoms with van der Waals surface area (Å²) in [7, 11) is 1.57. The van der Waals surface area contributed by atoms with Crippen molar-refractivity contribution in [3.63, 3.8) is 0 Å². The lowest BCUT2D eigenvalue weighted by Gasteiger charge is -2.23. The number of nitrogens with zero attached hydrogens (tertiary/aromatic N) is 2. The molecule has 1 aromatic heterocycles. The number of hydrogen-bond acceptors (Lipinski definition) is 4. The van der Waals surface area contributed by atoms with Gasteiger partial charge in [0, 0.05) is 12.0 Å². The van der Waals surface area contributed by atoms with Gasteiger partial charge in [-0.3, -0.25) is 0 Å². The maximum Gasteiger partial charge on any atom is 0.216 e. The van der Waals surface area contributed by atoms with Crippen LogP contribution < -0.4 is 4.74 Å². The number of ether oxygens (including phenoxy) is 1. The Morgan fingerprint density at radius 3 is 2.40 bits per heavy atom. The highest BCUT2D eigenvalue weighted by Crippen LogP contribution is 2.27. The SMILES string of the molecule is COc1cc(C(C(C)C)C(C)O)ncn1. The highest BCUT2D eigenvalue weighted by atomic mass is 16.5. The molecule has 4 nitrogen and oxygen atoms in total. The van der Waals surface area contributed by atoms with Crippen LogP contribution in [-0.4, -0.2) is 28.3 Å². The van der Waals surface area contributed by atoms with Gasteiger partial charge in [0.1, 0.15) is 6.33 Å². The van der Waals surface area contributed by atoms with Crippen LogP contribution in [0.25, 0.3) is 0 Å². The molecule has 0 aliphatic carbocycles. The summed E-state index contributed by atoms with van der Waals surface area (Å²) in [5.41, 5.74) is 0.826. The van der Waals surface area contributed by atoms with Crippen LogP contribution in [0.5, 0.6) is 5.88 Å². The van der Waals surface area contributed by atoms with Crippen molar-refractivity contribution in [2.75, 3.05) is 7.11 Å². The molecule has 2 unspecified atom stereocenters. The van der Waals surface area contributed by atoms with Gasteiger partial charge >= 0.3 is 0 Å². The Bertz CT molecular complexity index is 305. The normalized spacial score (nSPS) is 15.1. The minimum atomic E-state index is -0.426. The number of methoxy groups -OCH3 is 1.